The Hall–Kier alpha value is -0.160. The van der Waals surface area contributed by atoms with Crippen molar-refractivity contribution in [1.29, 1.82) is 0 Å². The monoisotopic (exact) mass is 162 g/mol. The molecule has 0 aromatic rings. The molecular formula is C7H14O4. The molecule has 66 valence electrons. The van der Waals surface area contributed by atoms with Gasteiger partial charge in [-0.15, -0.1) is 0 Å². The molecule has 1 aliphatic heterocycles. The van der Waals surface area contributed by atoms with Crippen molar-refractivity contribution in [2.75, 3.05) is 26.4 Å². The molecule has 0 spiro atoms. The fraction of sp³-hybridized carbons (Fsp3) is 1.00. The molecule has 0 amide bonds. The summed E-state index contributed by atoms with van der Waals surface area (Å²) in [6, 6.07) is 0. The number of hydrogen-bond acceptors (Lipinski definition) is 4. The maximum absolute atomic E-state index is 8.71. The molecule has 0 aliphatic carbocycles. The average molecular weight is 162 g/mol. The predicted molar refractivity (Wildman–Crippen MR) is 38.0 cm³/mol. The SMILES string of the molecule is OCC1COCCCCOO1. The standard InChI is InChI=1S/C7H14O4/c8-5-7-6-9-3-1-2-4-10-11-7/h7-8H,1-6H2. The second kappa shape index (κ2) is 5.49. The zero-order valence-corrected chi connectivity index (χ0v) is 6.49. The minimum absolute atomic E-state index is 0.0556. The van der Waals surface area contributed by atoms with Gasteiger partial charge in [-0.3, -0.25) is 0 Å². The summed E-state index contributed by atoms with van der Waals surface area (Å²) in [4.78, 5) is 9.66. The average Bonchev–Trinajstić information content (AvgIpc) is 2.16. The third-order valence-electron chi connectivity index (χ3n) is 1.48. The van der Waals surface area contributed by atoms with Crippen LogP contribution >= 0.6 is 0 Å². The van der Waals surface area contributed by atoms with E-state index < -0.39 is 0 Å². The molecule has 1 unspecified atom stereocenters. The van der Waals surface area contributed by atoms with Crippen molar-refractivity contribution in [2.45, 2.75) is 18.9 Å². The summed E-state index contributed by atoms with van der Waals surface area (Å²) in [6.45, 7) is 1.67. The van der Waals surface area contributed by atoms with Gasteiger partial charge in [-0.25, -0.2) is 9.78 Å². The van der Waals surface area contributed by atoms with Crippen LogP contribution in [0.1, 0.15) is 12.8 Å². The van der Waals surface area contributed by atoms with Crippen molar-refractivity contribution in [2.24, 2.45) is 0 Å². The van der Waals surface area contributed by atoms with Crippen molar-refractivity contribution in [1.82, 2.24) is 0 Å². The highest BCUT2D eigenvalue weighted by Gasteiger charge is 2.10. The smallest absolute Gasteiger partial charge is 0.139 e. The van der Waals surface area contributed by atoms with Crippen LogP contribution in [0, 0.1) is 0 Å². The van der Waals surface area contributed by atoms with Crippen molar-refractivity contribution >= 4 is 0 Å². The van der Waals surface area contributed by atoms with Crippen LogP contribution in [0.3, 0.4) is 0 Å². The topological polar surface area (TPSA) is 47.9 Å². The Labute approximate surface area is 66.0 Å². The van der Waals surface area contributed by atoms with E-state index in [4.69, 9.17) is 19.6 Å². The molecular weight excluding hydrogens is 148 g/mol. The van der Waals surface area contributed by atoms with Gasteiger partial charge in [0.05, 0.1) is 19.8 Å². The summed E-state index contributed by atoms with van der Waals surface area (Å²) in [5, 5.41) is 8.71. The van der Waals surface area contributed by atoms with Gasteiger partial charge in [-0.2, -0.15) is 0 Å². The van der Waals surface area contributed by atoms with E-state index in [0.717, 1.165) is 19.4 Å². The molecule has 0 saturated carbocycles. The van der Waals surface area contributed by atoms with E-state index in [9.17, 15) is 0 Å². The first-order chi connectivity index (χ1) is 5.43. The lowest BCUT2D eigenvalue weighted by molar-refractivity contribution is -0.332. The van der Waals surface area contributed by atoms with Crippen molar-refractivity contribution in [3.05, 3.63) is 0 Å². The van der Waals surface area contributed by atoms with Crippen LogP contribution in [0.5, 0.6) is 0 Å². The molecule has 1 N–H and O–H groups in total. The first-order valence-corrected chi connectivity index (χ1v) is 3.90. The number of aliphatic hydroxyl groups is 1. The molecule has 1 saturated heterocycles. The number of hydrogen-bond donors (Lipinski definition) is 1. The molecule has 1 atom stereocenters. The minimum atomic E-state index is -0.326. The van der Waals surface area contributed by atoms with Crippen molar-refractivity contribution in [3.8, 4) is 0 Å². The van der Waals surface area contributed by atoms with Crippen LogP contribution in [-0.4, -0.2) is 37.6 Å². The highest BCUT2D eigenvalue weighted by atomic mass is 17.2. The van der Waals surface area contributed by atoms with Crippen LogP contribution in [-0.2, 0) is 14.5 Å². The zero-order valence-electron chi connectivity index (χ0n) is 6.49. The van der Waals surface area contributed by atoms with Gasteiger partial charge in [-0.05, 0) is 12.8 Å². The lowest BCUT2D eigenvalue weighted by Crippen LogP contribution is -2.23. The quantitative estimate of drug-likeness (QED) is 0.556. The summed E-state index contributed by atoms with van der Waals surface area (Å²) < 4.78 is 5.19. The molecule has 1 heterocycles. The molecule has 1 fully saturated rings. The van der Waals surface area contributed by atoms with E-state index in [0.29, 0.717) is 13.2 Å². The van der Waals surface area contributed by atoms with Crippen LogP contribution < -0.4 is 0 Å². The van der Waals surface area contributed by atoms with E-state index >= 15 is 0 Å². The van der Waals surface area contributed by atoms with E-state index in [1.165, 1.54) is 0 Å². The maximum Gasteiger partial charge on any atom is 0.139 e. The molecule has 1 rings (SSSR count). The normalized spacial score (nSPS) is 28.6. The number of aliphatic hydroxyl groups excluding tert-OH is 1. The first kappa shape index (κ1) is 8.93. The fourth-order valence-corrected chi connectivity index (χ4v) is 0.835. The molecule has 11 heavy (non-hydrogen) atoms. The summed E-state index contributed by atoms with van der Waals surface area (Å²) >= 11 is 0. The summed E-state index contributed by atoms with van der Waals surface area (Å²) in [6.07, 6.45) is 1.60. The molecule has 0 aromatic heterocycles. The molecule has 4 heteroatoms. The van der Waals surface area contributed by atoms with Gasteiger partial charge in [0, 0.05) is 6.61 Å². The predicted octanol–water partition coefficient (Wildman–Crippen LogP) is 0.106. The van der Waals surface area contributed by atoms with Gasteiger partial charge >= 0.3 is 0 Å². The van der Waals surface area contributed by atoms with E-state index in [-0.39, 0.29) is 12.7 Å². The Morgan fingerprint density at radius 3 is 2.91 bits per heavy atom. The molecule has 0 radical (unpaired) electrons. The lowest BCUT2D eigenvalue weighted by atomic mass is 10.3. The lowest BCUT2D eigenvalue weighted by Gasteiger charge is -2.11. The number of rotatable bonds is 1. The highest BCUT2D eigenvalue weighted by Crippen LogP contribution is 2.01. The Kier molecular flexibility index (Phi) is 4.45. The second-order valence-electron chi connectivity index (χ2n) is 2.50. The van der Waals surface area contributed by atoms with Gasteiger partial charge in [0.15, 0.2) is 0 Å². The Morgan fingerprint density at radius 2 is 2.09 bits per heavy atom. The van der Waals surface area contributed by atoms with Gasteiger partial charge in [0.25, 0.3) is 0 Å². The minimum Gasteiger partial charge on any atom is -0.393 e. The zero-order chi connectivity index (χ0) is 7.94. The van der Waals surface area contributed by atoms with E-state index in [2.05, 4.69) is 0 Å². The molecule has 1 aliphatic rings. The van der Waals surface area contributed by atoms with Crippen molar-refractivity contribution < 1.29 is 19.6 Å². The summed E-state index contributed by atoms with van der Waals surface area (Å²) in [7, 11) is 0. The molecule has 0 bridgehead atoms. The van der Waals surface area contributed by atoms with Crippen LogP contribution in [0.2, 0.25) is 0 Å². The largest absolute Gasteiger partial charge is 0.393 e. The van der Waals surface area contributed by atoms with Crippen LogP contribution in [0.15, 0.2) is 0 Å². The Bertz CT molecular complexity index is 86.4. The fourth-order valence-electron chi connectivity index (χ4n) is 0.835. The van der Waals surface area contributed by atoms with E-state index in [1.807, 2.05) is 0 Å². The van der Waals surface area contributed by atoms with Gasteiger partial charge in [0.1, 0.15) is 6.10 Å². The molecule has 0 aromatic carbocycles. The molecule has 4 nitrogen and oxygen atoms in total. The second-order valence-corrected chi connectivity index (χ2v) is 2.50. The van der Waals surface area contributed by atoms with E-state index in [1.54, 1.807) is 0 Å². The van der Waals surface area contributed by atoms with Crippen molar-refractivity contribution in [3.63, 3.8) is 0 Å². The Morgan fingerprint density at radius 1 is 1.27 bits per heavy atom. The summed E-state index contributed by atoms with van der Waals surface area (Å²) in [5.74, 6) is 0. The third-order valence-corrected chi connectivity index (χ3v) is 1.48. The van der Waals surface area contributed by atoms with Crippen LogP contribution in [0.4, 0.5) is 0 Å². The third kappa shape index (κ3) is 3.67. The van der Waals surface area contributed by atoms with Gasteiger partial charge in [0.2, 0.25) is 0 Å². The number of ether oxygens (including phenoxy) is 1. The Balaban J connectivity index is 2.19. The highest BCUT2D eigenvalue weighted by molar-refractivity contribution is 4.52. The van der Waals surface area contributed by atoms with Gasteiger partial charge < -0.3 is 9.84 Å². The van der Waals surface area contributed by atoms with Gasteiger partial charge in [-0.1, -0.05) is 0 Å². The maximum atomic E-state index is 8.71. The van der Waals surface area contributed by atoms with Crippen LogP contribution in [0.25, 0.3) is 0 Å². The first-order valence-electron chi connectivity index (χ1n) is 3.90. The summed E-state index contributed by atoms with van der Waals surface area (Å²) in [5.41, 5.74) is 0.